The zero-order valence-electron chi connectivity index (χ0n) is 13.9. The van der Waals surface area contributed by atoms with Crippen molar-refractivity contribution in [2.24, 2.45) is 0 Å². The number of nitrogens with zero attached hydrogens (tertiary/aromatic N) is 3. The lowest BCUT2D eigenvalue weighted by Crippen LogP contribution is -2.48. The Balaban J connectivity index is 1.67. The van der Waals surface area contributed by atoms with Crippen molar-refractivity contribution in [3.8, 4) is 6.07 Å². The SMILES string of the molecule is N#Cc1cccc(CN2CCN(S(=O)(=O)c3ccc(Br)cc3Cl)CC2)c1. The molecular weight excluding hydrogens is 438 g/mol. The number of sulfonamides is 1. The second-order valence-electron chi connectivity index (χ2n) is 6.07. The number of hydrogen-bond donors (Lipinski definition) is 0. The number of benzene rings is 2. The van der Waals surface area contributed by atoms with E-state index in [1.807, 2.05) is 18.2 Å². The Labute approximate surface area is 167 Å². The smallest absolute Gasteiger partial charge is 0.244 e. The van der Waals surface area contributed by atoms with Crippen molar-refractivity contribution in [3.05, 3.63) is 63.1 Å². The van der Waals surface area contributed by atoms with Crippen LogP contribution in [0.5, 0.6) is 0 Å². The summed E-state index contributed by atoms with van der Waals surface area (Å²) in [6, 6.07) is 14.4. The Bertz CT molecular complexity index is 951. The van der Waals surface area contributed by atoms with Crippen LogP contribution in [0.15, 0.2) is 51.8 Å². The second kappa shape index (κ2) is 8.07. The largest absolute Gasteiger partial charge is 0.296 e. The van der Waals surface area contributed by atoms with Gasteiger partial charge in [-0.1, -0.05) is 39.7 Å². The highest BCUT2D eigenvalue weighted by Gasteiger charge is 2.30. The van der Waals surface area contributed by atoms with Crippen LogP contribution in [0.3, 0.4) is 0 Å². The van der Waals surface area contributed by atoms with E-state index in [9.17, 15) is 8.42 Å². The van der Waals surface area contributed by atoms with Crippen molar-refractivity contribution < 1.29 is 8.42 Å². The van der Waals surface area contributed by atoms with Crippen LogP contribution in [-0.2, 0) is 16.6 Å². The molecule has 0 aliphatic carbocycles. The van der Waals surface area contributed by atoms with Gasteiger partial charge in [-0.3, -0.25) is 4.90 Å². The summed E-state index contributed by atoms with van der Waals surface area (Å²) in [7, 11) is -3.61. The molecule has 0 N–H and O–H groups in total. The molecule has 136 valence electrons. The van der Waals surface area contributed by atoms with Crippen LogP contribution in [0, 0.1) is 11.3 Å². The van der Waals surface area contributed by atoms with Crippen molar-refractivity contribution in [1.29, 1.82) is 5.26 Å². The van der Waals surface area contributed by atoms with Crippen LogP contribution in [0.1, 0.15) is 11.1 Å². The van der Waals surface area contributed by atoms with E-state index in [1.54, 1.807) is 18.2 Å². The van der Waals surface area contributed by atoms with E-state index < -0.39 is 10.0 Å². The molecule has 1 saturated heterocycles. The van der Waals surface area contributed by atoms with Crippen LogP contribution in [0.2, 0.25) is 5.02 Å². The normalized spacial score (nSPS) is 16.3. The highest BCUT2D eigenvalue weighted by molar-refractivity contribution is 9.10. The Hall–Kier alpha value is -1.43. The average molecular weight is 455 g/mol. The Morgan fingerprint density at radius 2 is 1.85 bits per heavy atom. The van der Waals surface area contributed by atoms with Crippen molar-refractivity contribution in [1.82, 2.24) is 9.21 Å². The van der Waals surface area contributed by atoms with Gasteiger partial charge in [-0.05, 0) is 35.9 Å². The van der Waals surface area contributed by atoms with Gasteiger partial charge < -0.3 is 0 Å². The van der Waals surface area contributed by atoms with Crippen LogP contribution in [0.4, 0.5) is 0 Å². The molecule has 0 amide bonds. The molecule has 0 aromatic heterocycles. The van der Waals surface area contributed by atoms with Crippen LogP contribution in [-0.4, -0.2) is 43.8 Å². The number of nitriles is 1. The molecule has 0 atom stereocenters. The highest BCUT2D eigenvalue weighted by atomic mass is 79.9. The molecule has 2 aromatic carbocycles. The van der Waals surface area contributed by atoms with Gasteiger partial charge in [0.2, 0.25) is 10.0 Å². The minimum atomic E-state index is -3.61. The third-order valence-corrected chi connectivity index (χ3v) is 7.18. The lowest BCUT2D eigenvalue weighted by Gasteiger charge is -2.34. The van der Waals surface area contributed by atoms with E-state index in [2.05, 4.69) is 26.9 Å². The number of hydrogen-bond acceptors (Lipinski definition) is 4. The molecule has 1 fully saturated rings. The van der Waals surface area contributed by atoms with E-state index in [4.69, 9.17) is 16.9 Å². The fraction of sp³-hybridized carbons (Fsp3) is 0.278. The van der Waals surface area contributed by atoms with Crippen LogP contribution >= 0.6 is 27.5 Å². The molecule has 26 heavy (non-hydrogen) atoms. The summed E-state index contributed by atoms with van der Waals surface area (Å²) in [5, 5.41) is 9.21. The molecule has 8 heteroatoms. The van der Waals surface area contributed by atoms with Gasteiger partial charge in [0, 0.05) is 37.2 Å². The van der Waals surface area contributed by atoms with Crippen molar-refractivity contribution >= 4 is 37.6 Å². The van der Waals surface area contributed by atoms with E-state index in [1.165, 1.54) is 10.4 Å². The minimum absolute atomic E-state index is 0.137. The van der Waals surface area contributed by atoms with Crippen molar-refractivity contribution in [2.45, 2.75) is 11.4 Å². The summed E-state index contributed by atoms with van der Waals surface area (Å²) in [5.74, 6) is 0. The van der Waals surface area contributed by atoms with Gasteiger partial charge in [0.15, 0.2) is 0 Å². The minimum Gasteiger partial charge on any atom is -0.296 e. The molecule has 0 unspecified atom stereocenters. The molecule has 1 aliphatic rings. The molecular formula is C18H17BrClN3O2S. The van der Waals surface area contributed by atoms with E-state index >= 15 is 0 Å². The number of piperazine rings is 1. The summed E-state index contributed by atoms with van der Waals surface area (Å²) in [6.45, 7) is 2.77. The topological polar surface area (TPSA) is 64.4 Å². The summed E-state index contributed by atoms with van der Waals surface area (Å²) in [5.41, 5.74) is 1.69. The first-order chi connectivity index (χ1) is 12.4. The van der Waals surface area contributed by atoms with Gasteiger partial charge in [0.25, 0.3) is 0 Å². The van der Waals surface area contributed by atoms with Gasteiger partial charge in [0.1, 0.15) is 4.90 Å². The van der Waals surface area contributed by atoms with E-state index in [0.29, 0.717) is 38.3 Å². The van der Waals surface area contributed by atoms with Crippen molar-refractivity contribution in [3.63, 3.8) is 0 Å². The first-order valence-corrected chi connectivity index (χ1v) is 10.7. The maximum atomic E-state index is 12.8. The maximum absolute atomic E-state index is 12.8. The number of halogens is 2. The molecule has 0 radical (unpaired) electrons. The zero-order valence-corrected chi connectivity index (χ0v) is 17.1. The van der Waals surface area contributed by atoms with Gasteiger partial charge in [0.05, 0.1) is 16.7 Å². The first-order valence-electron chi connectivity index (χ1n) is 8.07. The predicted octanol–water partition coefficient (Wildman–Crippen LogP) is 3.48. The highest BCUT2D eigenvalue weighted by Crippen LogP contribution is 2.28. The van der Waals surface area contributed by atoms with Crippen molar-refractivity contribution in [2.75, 3.05) is 26.2 Å². The zero-order chi connectivity index (χ0) is 18.7. The summed E-state index contributed by atoms with van der Waals surface area (Å²) in [4.78, 5) is 2.32. The standard InChI is InChI=1S/C18H17BrClN3O2S/c19-16-4-5-18(17(20)11-16)26(24,25)23-8-6-22(7-9-23)13-15-3-1-2-14(10-15)12-21/h1-5,10-11H,6-9,13H2. The quantitative estimate of drug-likeness (QED) is 0.709. The molecule has 0 spiro atoms. The van der Waals surface area contributed by atoms with Crippen LogP contribution < -0.4 is 0 Å². The summed E-state index contributed by atoms with van der Waals surface area (Å²) in [6.07, 6.45) is 0. The molecule has 3 rings (SSSR count). The molecule has 1 aliphatic heterocycles. The third kappa shape index (κ3) is 4.27. The Morgan fingerprint density at radius 1 is 1.12 bits per heavy atom. The fourth-order valence-electron chi connectivity index (χ4n) is 2.95. The van der Waals surface area contributed by atoms with Gasteiger partial charge >= 0.3 is 0 Å². The van der Waals surface area contributed by atoms with Gasteiger partial charge in [-0.2, -0.15) is 9.57 Å². The monoisotopic (exact) mass is 453 g/mol. The molecule has 1 heterocycles. The van der Waals surface area contributed by atoms with E-state index in [-0.39, 0.29) is 9.92 Å². The fourth-order valence-corrected chi connectivity index (χ4v) is 5.38. The molecule has 2 aromatic rings. The molecule has 0 saturated carbocycles. The number of rotatable bonds is 4. The third-order valence-electron chi connectivity index (χ3n) is 4.31. The second-order valence-corrected chi connectivity index (χ2v) is 9.30. The molecule has 5 nitrogen and oxygen atoms in total. The van der Waals surface area contributed by atoms with Gasteiger partial charge in [-0.15, -0.1) is 0 Å². The van der Waals surface area contributed by atoms with Crippen LogP contribution in [0.25, 0.3) is 0 Å². The van der Waals surface area contributed by atoms with E-state index in [0.717, 1.165) is 10.0 Å². The average Bonchev–Trinajstić information content (AvgIpc) is 2.62. The lowest BCUT2D eigenvalue weighted by atomic mass is 10.1. The first kappa shape index (κ1) is 19.3. The molecule has 0 bridgehead atoms. The predicted molar refractivity (Wildman–Crippen MR) is 104 cm³/mol. The van der Waals surface area contributed by atoms with Gasteiger partial charge in [-0.25, -0.2) is 8.42 Å². The Morgan fingerprint density at radius 3 is 2.50 bits per heavy atom. The lowest BCUT2D eigenvalue weighted by molar-refractivity contribution is 0.181. The summed E-state index contributed by atoms with van der Waals surface area (Å²) >= 11 is 9.41. The Kier molecular flexibility index (Phi) is 6.00. The summed E-state index contributed by atoms with van der Waals surface area (Å²) < 4.78 is 27.9. The maximum Gasteiger partial charge on any atom is 0.244 e.